The smallest absolute Gasteiger partial charge is 0.472 e. The van der Waals surface area contributed by atoms with Crippen molar-refractivity contribution in [2.45, 2.75) is 180 Å². The van der Waals surface area contributed by atoms with Crippen LogP contribution in [-0.2, 0) is 37.5 Å². The molecule has 0 aliphatic carbocycles. The molecule has 3 atom stereocenters. The van der Waals surface area contributed by atoms with Gasteiger partial charge in [-0.1, -0.05) is 122 Å². The number of phosphoric ester groups is 1. The van der Waals surface area contributed by atoms with Crippen LogP contribution in [0.1, 0.15) is 168 Å². The monoisotopic (exact) mass is 731 g/mol. The van der Waals surface area contributed by atoms with Crippen LogP contribution in [0.2, 0.25) is 0 Å². The van der Waals surface area contributed by atoms with Crippen LogP contribution in [0.25, 0.3) is 0 Å². The Labute approximate surface area is 302 Å². The molecule has 12 heteroatoms. The van der Waals surface area contributed by atoms with E-state index in [1.54, 1.807) is 0 Å². The molecule has 11 nitrogen and oxygen atoms in total. The Balaban J connectivity index is 4.43. The van der Waals surface area contributed by atoms with Gasteiger partial charge in [0.15, 0.2) is 6.10 Å². The van der Waals surface area contributed by atoms with E-state index in [4.69, 9.17) is 24.8 Å². The van der Waals surface area contributed by atoms with Gasteiger partial charge in [-0.05, 0) is 57.8 Å². The lowest BCUT2D eigenvalue weighted by molar-refractivity contribution is -0.161. The molecule has 0 saturated heterocycles. The van der Waals surface area contributed by atoms with Gasteiger partial charge in [0.2, 0.25) is 0 Å². The number of ether oxygens (including phenoxy) is 2. The second kappa shape index (κ2) is 34.1. The summed E-state index contributed by atoms with van der Waals surface area (Å²) in [4.78, 5) is 45.7. The normalized spacial score (nSPS) is 14.2. The third kappa shape index (κ3) is 33.1. The molecule has 0 saturated carbocycles. The summed E-state index contributed by atoms with van der Waals surface area (Å²) < 4.78 is 32.5. The fourth-order valence-electron chi connectivity index (χ4n) is 5.06. The quantitative estimate of drug-likeness (QED) is 0.0242. The van der Waals surface area contributed by atoms with E-state index in [9.17, 15) is 23.8 Å². The molecule has 0 aromatic carbocycles. The summed E-state index contributed by atoms with van der Waals surface area (Å²) in [6.45, 7) is 2.70. The van der Waals surface area contributed by atoms with Crippen molar-refractivity contribution in [3.8, 4) is 0 Å². The molecule has 3 unspecified atom stereocenters. The first-order valence-corrected chi connectivity index (χ1v) is 20.9. The van der Waals surface area contributed by atoms with E-state index in [0.717, 1.165) is 83.5 Å². The van der Waals surface area contributed by atoms with Gasteiger partial charge in [-0.3, -0.25) is 23.4 Å². The van der Waals surface area contributed by atoms with Crippen LogP contribution >= 0.6 is 7.82 Å². The van der Waals surface area contributed by atoms with E-state index in [-0.39, 0.29) is 19.4 Å². The number of allylic oxidation sites excluding steroid dienone is 4. The third-order valence-corrected chi connectivity index (χ3v) is 9.10. The van der Waals surface area contributed by atoms with E-state index in [0.29, 0.717) is 12.8 Å². The fourth-order valence-corrected chi connectivity index (χ4v) is 5.84. The van der Waals surface area contributed by atoms with Crippen LogP contribution in [0.5, 0.6) is 0 Å². The third-order valence-electron chi connectivity index (χ3n) is 8.15. The molecule has 0 heterocycles. The van der Waals surface area contributed by atoms with Crippen LogP contribution < -0.4 is 5.73 Å². The average molecular weight is 732 g/mol. The predicted octanol–water partition coefficient (Wildman–Crippen LogP) is 9.50. The Bertz CT molecular complexity index is 958. The molecule has 0 aromatic rings. The van der Waals surface area contributed by atoms with Gasteiger partial charge in [0.1, 0.15) is 12.6 Å². The second-order valence-electron chi connectivity index (χ2n) is 13.1. The number of carbonyl (C=O) groups is 3. The van der Waals surface area contributed by atoms with Gasteiger partial charge >= 0.3 is 25.7 Å². The zero-order chi connectivity index (χ0) is 37.1. The van der Waals surface area contributed by atoms with Crippen LogP contribution in [0.4, 0.5) is 0 Å². The van der Waals surface area contributed by atoms with E-state index < -0.39 is 51.1 Å². The highest BCUT2D eigenvalue weighted by Crippen LogP contribution is 2.43. The standard InChI is InChI=1S/C38H70NO10P/c1-3-5-7-9-11-13-15-16-17-18-19-20-22-24-26-28-30-37(41)49-34(32-47-50(44,45)48-33-35(39)38(42)43)31-46-36(40)29-27-25-23-21-14-12-10-8-6-4-2/h8,10,17-18,34-35H,3-7,9,11-16,19-33,39H2,1-2H3,(H,42,43)(H,44,45)/b10-8-,18-17-. The van der Waals surface area contributed by atoms with Crippen molar-refractivity contribution in [1.82, 2.24) is 0 Å². The fraction of sp³-hybridized carbons (Fsp3) is 0.816. The first kappa shape index (κ1) is 48.0. The van der Waals surface area contributed by atoms with Gasteiger partial charge in [-0.2, -0.15) is 0 Å². The SMILES string of the molecule is CCC/C=C\CCCCCCCC(=O)OCC(COP(=O)(O)OCC(N)C(=O)O)OC(=O)CCCCCCC/C=C\CCCCCCCCC. The maximum Gasteiger partial charge on any atom is 0.472 e. The van der Waals surface area contributed by atoms with Gasteiger partial charge in [-0.15, -0.1) is 0 Å². The minimum Gasteiger partial charge on any atom is -0.480 e. The Morgan fingerprint density at radius 3 is 1.54 bits per heavy atom. The van der Waals surface area contributed by atoms with Gasteiger partial charge in [0, 0.05) is 12.8 Å². The van der Waals surface area contributed by atoms with E-state index >= 15 is 0 Å². The topological polar surface area (TPSA) is 172 Å². The number of hydrogen-bond donors (Lipinski definition) is 3. The summed E-state index contributed by atoms with van der Waals surface area (Å²) in [7, 11) is -4.71. The number of carboxylic acids is 1. The van der Waals surface area contributed by atoms with Gasteiger partial charge < -0.3 is 25.2 Å². The molecule has 0 amide bonds. The average Bonchev–Trinajstić information content (AvgIpc) is 3.09. The summed E-state index contributed by atoms with van der Waals surface area (Å²) in [6.07, 6.45) is 32.5. The molecule has 292 valence electrons. The minimum atomic E-state index is -4.71. The largest absolute Gasteiger partial charge is 0.480 e. The van der Waals surface area contributed by atoms with Crippen LogP contribution in [0, 0.1) is 0 Å². The molecule has 0 spiro atoms. The number of carbonyl (C=O) groups excluding carboxylic acids is 2. The molecule has 50 heavy (non-hydrogen) atoms. The number of aliphatic carboxylic acids is 1. The number of unbranched alkanes of at least 4 members (excludes halogenated alkanes) is 18. The Kier molecular flexibility index (Phi) is 32.7. The zero-order valence-corrected chi connectivity index (χ0v) is 32.1. The lowest BCUT2D eigenvalue weighted by Gasteiger charge is -2.20. The highest BCUT2D eigenvalue weighted by molar-refractivity contribution is 7.47. The van der Waals surface area contributed by atoms with Crippen LogP contribution in [0.3, 0.4) is 0 Å². The molecule has 0 aliphatic rings. The van der Waals surface area contributed by atoms with Gasteiger partial charge in [0.25, 0.3) is 0 Å². The number of carboxylic acid groups (broad SMARTS) is 1. The number of rotatable bonds is 36. The number of esters is 2. The summed E-state index contributed by atoms with van der Waals surface area (Å²) in [5, 5.41) is 8.85. The van der Waals surface area contributed by atoms with Crippen molar-refractivity contribution >= 4 is 25.7 Å². The van der Waals surface area contributed by atoms with Crippen LogP contribution in [0.15, 0.2) is 24.3 Å². The second-order valence-corrected chi connectivity index (χ2v) is 14.5. The molecule has 0 radical (unpaired) electrons. The number of phosphoric acid groups is 1. The Hall–Kier alpha value is -2.04. The first-order chi connectivity index (χ1) is 24.1. The number of hydrogen-bond acceptors (Lipinski definition) is 9. The molecule has 0 aromatic heterocycles. The maximum atomic E-state index is 12.6. The van der Waals surface area contributed by atoms with E-state index in [1.807, 2.05) is 0 Å². The van der Waals surface area contributed by atoms with E-state index in [2.05, 4.69) is 42.7 Å². The zero-order valence-electron chi connectivity index (χ0n) is 31.2. The Morgan fingerprint density at radius 2 is 1.04 bits per heavy atom. The summed E-state index contributed by atoms with van der Waals surface area (Å²) in [5.41, 5.74) is 5.31. The van der Waals surface area contributed by atoms with Crippen molar-refractivity contribution in [3.05, 3.63) is 24.3 Å². The van der Waals surface area contributed by atoms with Crippen LogP contribution in [-0.4, -0.2) is 59.9 Å². The summed E-state index contributed by atoms with van der Waals surface area (Å²) >= 11 is 0. The lowest BCUT2D eigenvalue weighted by atomic mass is 10.1. The first-order valence-electron chi connectivity index (χ1n) is 19.4. The Morgan fingerprint density at radius 1 is 0.600 bits per heavy atom. The predicted molar refractivity (Wildman–Crippen MR) is 199 cm³/mol. The molecule has 0 aliphatic heterocycles. The van der Waals surface area contributed by atoms with Gasteiger partial charge in [-0.25, -0.2) is 4.57 Å². The maximum absolute atomic E-state index is 12.6. The van der Waals surface area contributed by atoms with E-state index in [1.165, 1.54) is 44.9 Å². The van der Waals surface area contributed by atoms with Crippen molar-refractivity contribution in [1.29, 1.82) is 0 Å². The summed E-state index contributed by atoms with van der Waals surface area (Å²) in [5.74, 6) is -2.40. The summed E-state index contributed by atoms with van der Waals surface area (Å²) in [6, 6.07) is -1.52. The molecular weight excluding hydrogens is 661 g/mol. The van der Waals surface area contributed by atoms with Gasteiger partial charge in [0.05, 0.1) is 13.2 Å². The van der Waals surface area contributed by atoms with Crippen molar-refractivity contribution in [3.63, 3.8) is 0 Å². The van der Waals surface area contributed by atoms with Crippen molar-refractivity contribution in [2.75, 3.05) is 19.8 Å². The van der Waals surface area contributed by atoms with Crippen molar-refractivity contribution in [2.24, 2.45) is 5.73 Å². The molecular formula is C38H70NO10P. The highest BCUT2D eigenvalue weighted by atomic mass is 31.2. The molecule has 0 fully saturated rings. The minimum absolute atomic E-state index is 0.151. The highest BCUT2D eigenvalue weighted by Gasteiger charge is 2.28. The van der Waals surface area contributed by atoms with Crippen molar-refractivity contribution < 1.29 is 47.5 Å². The molecule has 0 bridgehead atoms. The molecule has 4 N–H and O–H groups in total. The lowest BCUT2D eigenvalue weighted by Crippen LogP contribution is -2.34. The molecule has 0 rings (SSSR count). The number of nitrogens with two attached hydrogens (primary N) is 1.